The molecule has 8 heteroatoms. The first-order chi connectivity index (χ1) is 14.3. The summed E-state index contributed by atoms with van der Waals surface area (Å²) in [5.74, 6) is -0.500. The van der Waals surface area contributed by atoms with Crippen molar-refractivity contribution in [3.63, 3.8) is 0 Å². The molecule has 168 valence electrons. The van der Waals surface area contributed by atoms with Crippen molar-refractivity contribution in [1.29, 1.82) is 0 Å². The largest absolute Gasteiger partial charge is 0.338 e. The number of piperidine rings is 1. The number of carbonyl (C=O) groups excluding carboxylic acids is 1. The second kappa shape index (κ2) is 10.2. The minimum Gasteiger partial charge on any atom is -0.338 e. The van der Waals surface area contributed by atoms with E-state index in [2.05, 4.69) is 4.90 Å². The summed E-state index contributed by atoms with van der Waals surface area (Å²) in [5, 5.41) is 0. The molecule has 0 aromatic heterocycles. The number of hydrogen-bond acceptors (Lipinski definition) is 4. The third kappa shape index (κ3) is 5.59. The Balaban J connectivity index is 1.69. The lowest BCUT2D eigenvalue weighted by atomic mass is 10.0. The molecule has 0 radical (unpaired) electrons. The van der Waals surface area contributed by atoms with Crippen LogP contribution in [0, 0.1) is 11.7 Å². The molecule has 0 spiro atoms. The quantitative estimate of drug-likeness (QED) is 0.625. The Labute approximate surface area is 180 Å². The number of amides is 1. The first-order valence-corrected chi connectivity index (χ1v) is 12.5. The highest BCUT2D eigenvalue weighted by Gasteiger charge is 2.35. The van der Waals surface area contributed by atoms with Crippen molar-refractivity contribution in [3.8, 4) is 0 Å². The van der Waals surface area contributed by atoms with Crippen molar-refractivity contribution in [1.82, 2.24) is 14.1 Å². The highest BCUT2D eigenvalue weighted by atomic mass is 32.2. The van der Waals surface area contributed by atoms with Gasteiger partial charge >= 0.3 is 0 Å². The van der Waals surface area contributed by atoms with Crippen LogP contribution < -0.4 is 0 Å². The van der Waals surface area contributed by atoms with Crippen LogP contribution in [0.25, 0.3) is 0 Å². The van der Waals surface area contributed by atoms with Gasteiger partial charge in [0.1, 0.15) is 5.82 Å². The maximum Gasteiger partial charge on any atom is 0.243 e. The zero-order valence-corrected chi connectivity index (χ0v) is 18.9. The summed E-state index contributed by atoms with van der Waals surface area (Å²) in [7, 11) is -3.70. The van der Waals surface area contributed by atoms with Crippen LogP contribution in [0.15, 0.2) is 29.2 Å². The number of nitrogens with zero attached hydrogens (tertiary/aromatic N) is 3. The Morgan fingerprint density at radius 3 is 2.43 bits per heavy atom. The zero-order chi connectivity index (χ0) is 21.7. The van der Waals surface area contributed by atoms with E-state index >= 15 is 0 Å². The average Bonchev–Trinajstić information content (AvgIpc) is 3.24. The summed E-state index contributed by atoms with van der Waals surface area (Å²) in [5.41, 5.74) is 0. The van der Waals surface area contributed by atoms with Crippen molar-refractivity contribution in [3.05, 3.63) is 30.1 Å². The molecule has 2 aliphatic rings. The van der Waals surface area contributed by atoms with Crippen LogP contribution in [0.5, 0.6) is 0 Å². The van der Waals surface area contributed by atoms with Crippen molar-refractivity contribution in [2.24, 2.45) is 5.92 Å². The van der Waals surface area contributed by atoms with E-state index in [0.29, 0.717) is 26.1 Å². The van der Waals surface area contributed by atoms with Gasteiger partial charge in [0.05, 0.1) is 4.90 Å². The van der Waals surface area contributed by atoms with E-state index in [1.54, 1.807) is 0 Å². The van der Waals surface area contributed by atoms with Crippen LogP contribution in [-0.2, 0) is 14.8 Å². The van der Waals surface area contributed by atoms with Crippen molar-refractivity contribution in [2.75, 3.05) is 39.3 Å². The van der Waals surface area contributed by atoms with Gasteiger partial charge in [-0.25, -0.2) is 12.8 Å². The van der Waals surface area contributed by atoms with Gasteiger partial charge in [0.15, 0.2) is 0 Å². The molecule has 0 N–H and O–H groups in total. The summed E-state index contributed by atoms with van der Waals surface area (Å²) in [6, 6.07) is 4.83. The summed E-state index contributed by atoms with van der Waals surface area (Å²) < 4.78 is 40.8. The molecule has 1 aromatic rings. The molecule has 2 saturated heterocycles. The second-order valence-electron chi connectivity index (χ2n) is 8.70. The van der Waals surface area contributed by atoms with Crippen molar-refractivity contribution >= 4 is 15.9 Å². The smallest absolute Gasteiger partial charge is 0.243 e. The molecule has 30 heavy (non-hydrogen) atoms. The van der Waals surface area contributed by atoms with Gasteiger partial charge in [-0.05, 0) is 76.0 Å². The number of sulfonamides is 1. The van der Waals surface area contributed by atoms with Crippen molar-refractivity contribution < 1.29 is 17.6 Å². The van der Waals surface area contributed by atoms with Crippen LogP contribution in [-0.4, -0.2) is 73.7 Å². The molecule has 2 heterocycles. The molecule has 1 unspecified atom stereocenters. The van der Waals surface area contributed by atoms with E-state index in [1.807, 2.05) is 18.7 Å². The predicted octanol–water partition coefficient (Wildman–Crippen LogP) is 2.95. The lowest BCUT2D eigenvalue weighted by molar-refractivity contribution is -0.137. The lowest BCUT2D eigenvalue weighted by Gasteiger charge is -2.39. The van der Waals surface area contributed by atoms with Gasteiger partial charge in [-0.1, -0.05) is 13.8 Å². The molecule has 2 fully saturated rings. The third-order valence-corrected chi connectivity index (χ3v) is 7.98. The number of hydrogen-bond donors (Lipinski definition) is 0. The van der Waals surface area contributed by atoms with Crippen LogP contribution in [0.2, 0.25) is 0 Å². The fourth-order valence-electron chi connectivity index (χ4n) is 4.42. The zero-order valence-electron chi connectivity index (χ0n) is 18.1. The van der Waals surface area contributed by atoms with E-state index < -0.39 is 15.8 Å². The highest BCUT2D eigenvalue weighted by Crippen LogP contribution is 2.24. The van der Waals surface area contributed by atoms with Crippen LogP contribution in [0.4, 0.5) is 4.39 Å². The molecular formula is C22H34FN3O3S. The summed E-state index contributed by atoms with van der Waals surface area (Å²) in [6.45, 7) is 8.40. The van der Waals surface area contributed by atoms with Crippen molar-refractivity contribution in [2.45, 2.75) is 56.9 Å². The highest BCUT2D eigenvalue weighted by molar-refractivity contribution is 7.89. The molecule has 1 aromatic carbocycles. The first-order valence-electron chi connectivity index (χ1n) is 11.1. The molecule has 6 nitrogen and oxygen atoms in total. The monoisotopic (exact) mass is 439 g/mol. The molecule has 2 aliphatic heterocycles. The van der Waals surface area contributed by atoms with E-state index in [0.717, 1.165) is 32.5 Å². The van der Waals surface area contributed by atoms with Gasteiger partial charge in [0.25, 0.3) is 0 Å². The molecule has 1 amide bonds. The number of halogens is 1. The second-order valence-corrected chi connectivity index (χ2v) is 10.6. The minimum atomic E-state index is -3.70. The Kier molecular flexibility index (Phi) is 7.87. The average molecular weight is 440 g/mol. The molecule has 0 aliphatic carbocycles. The topological polar surface area (TPSA) is 60.9 Å². The van der Waals surface area contributed by atoms with E-state index in [-0.39, 0.29) is 22.8 Å². The standard InChI is InChI=1S/C22H34FN3O3S/c1-18(2)22(27)26(16-6-14-24-12-3-4-13-24)20-7-5-15-25(17-20)30(28,29)21-10-8-19(23)9-11-21/h8-11,18,20H,3-7,12-17H2,1-2H3. The Morgan fingerprint density at radius 2 is 1.80 bits per heavy atom. The third-order valence-electron chi connectivity index (χ3n) is 6.10. The van der Waals surface area contributed by atoms with E-state index in [9.17, 15) is 17.6 Å². The molecular weight excluding hydrogens is 405 g/mol. The fraction of sp³-hybridized carbons (Fsp3) is 0.682. The SMILES string of the molecule is CC(C)C(=O)N(CCCN1CCCC1)C1CCCN(S(=O)(=O)c2ccc(F)cc2)C1. The van der Waals surface area contributed by atoms with Gasteiger partial charge in [-0.3, -0.25) is 4.79 Å². The van der Waals surface area contributed by atoms with Crippen LogP contribution in [0.1, 0.15) is 46.0 Å². The Bertz CT molecular complexity index is 807. The lowest BCUT2D eigenvalue weighted by Crippen LogP contribution is -2.53. The number of likely N-dealkylation sites (tertiary alicyclic amines) is 1. The normalized spacial score (nSPS) is 21.3. The van der Waals surface area contributed by atoms with E-state index in [1.165, 1.54) is 41.4 Å². The van der Waals surface area contributed by atoms with Crippen LogP contribution >= 0.6 is 0 Å². The minimum absolute atomic E-state index is 0.0856. The first kappa shape index (κ1) is 23.2. The maximum atomic E-state index is 13.2. The number of benzene rings is 1. The van der Waals surface area contributed by atoms with Gasteiger partial charge in [0, 0.05) is 31.6 Å². The van der Waals surface area contributed by atoms with Gasteiger partial charge in [-0.2, -0.15) is 4.31 Å². The van der Waals surface area contributed by atoms with Gasteiger partial charge in [-0.15, -0.1) is 0 Å². The summed E-state index contributed by atoms with van der Waals surface area (Å²) in [6.07, 6.45) is 4.90. The Hall–Kier alpha value is -1.51. The Morgan fingerprint density at radius 1 is 1.13 bits per heavy atom. The molecule has 0 saturated carbocycles. The summed E-state index contributed by atoms with van der Waals surface area (Å²) in [4.78, 5) is 17.4. The molecule has 3 rings (SSSR count). The van der Waals surface area contributed by atoms with Crippen LogP contribution in [0.3, 0.4) is 0 Å². The predicted molar refractivity (Wildman–Crippen MR) is 115 cm³/mol. The van der Waals surface area contributed by atoms with Gasteiger partial charge in [0.2, 0.25) is 15.9 Å². The van der Waals surface area contributed by atoms with Gasteiger partial charge < -0.3 is 9.80 Å². The van der Waals surface area contributed by atoms with E-state index in [4.69, 9.17) is 0 Å². The summed E-state index contributed by atoms with van der Waals surface area (Å²) >= 11 is 0. The molecule has 0 bridgehead atoms. The fourth-order valence-corrected chi connectivity index (χ4v) is 5.94. The molecule has 1 atom stereocenters. The number of rotatable bonds is 8. The maximum absolute atomic E-state index is 13.2. The number of carbonyl (C=O) groups is 1.